The Labute approximate surface area is 128 Å². The molecule has 0 unspecified atom stereocenters. The molecule has 0 amide bonds. The van der Waals surface area contributed by atoms with Crippen molar-refractivity contribution in [2.75, 3.05) is 6.54 Å². The smallest absolute Gasteiger partial charge is 0.00772 e. The Kier molecular flexibility index (Phi) is 4.72. The van der Waals surface area contributed by atoms with Gasteiger partial charge in [0.05, 0.1) is 0 Å². The van der Waals surface area contributed by atoms with Crippen LogP contribution in [0.1, 0.15) is 47.4 Å². The summed E-state index contributed by atoms with van der Waals surface area (Å²) in [5.41, 5.74) is 11.7. The second-order valence-corrected chi connectivity index (χ2v) is 6.20. The van der Waals surface area contributed by atoms with Gasteiger partial charge < -0.3 is 5.73 Å². The van der Waals surface area contributed by atoms with Crippen molar-refractivity contribution in [3.63, 3.8) is 0 Å². The molecule has 0 aliphatic heterocycles. The summed E-state index contributed by atoms with van der Waals surface area (Å²) in [6, 6.07) is 18.0. The summed E-state index contributed by atoms with van der Waals surface area (Å²) in [7, 11) is 0. The summed E-state index contributed by atoms with van der Waals surface area (Å²) in [5.74, 6) is 0.705. The molecule has 1 aliphatic carbocycles. The second kappa shape index (κ2) is 6.91. The molecular weight excluding hydrogens is 254 g/mol. The Morgan fingerprint density at radius 3 is 2.62 bits per heavy atom. The van der Waals surface area contributed by atoms with E-state index in [1.54, 1.807) is 11.1 Å². The largest absolute Gasteiger partial charge is 0.330 e. The van der Waals surface area contributed by atoms with E-state index < -0.39 is 0 Å². The fraction of sp³-hybridized carbons (Fsp3) is 0.400. The number of unbranched alkanes of at least 4 members (excludes halogenated alkanes) is 1. The third kappa shape index (κ3) is 3.54. The van der Waals surface area contributed by atoms with Crippen molar-refractivity contribution in [2.24, 2.45) is 5.73 Å². The Hall–Kier alpha value is -1.60. The van der Waals surface area contributed by atoms with Gasteiger partial charge in [-0.2, -0.15) is 0 Å². The van der Waals surface area contributed by atoms with E-state index in [9.17, 15) is 0 Å². The fourth-order valence-electron chi connectivity index (χ4n) is 3.48. The molecule has 0 bridgehead atoms. The molecule has 21 heavy (non-hydrogen) atoms. The molecule has 2 aromatic rings. The van der Waals surface area contributed by atoms with Crippen LogP contribution in [-0.4, -0.2) is 6.54 Å². The Morgan fingerprint density at radius 2 is 1.81 bits per heavy atom. The molecule has 1 atom stereocenters. The van der Waals surface area contributed by atoms with E-state index >= 15 is 0 Å². The van der Waals surface area contributed by atoms with E-state index in [2.05, 4.69) is 48.5 Å². The van der Waals surface area contributed by atoms with E-state index in [0.29, 0.717) is 5.92 Å². The minimum absolute atomic E-state index is 0.705. The van der Waals surface area contributed by atoms with Crippen LogP contribution in [0.3, 0.4) is 0 Å². The summed E-state index contributed by atoms with van der Waals surface area (Å²) in [5, 5.41) is 0. The van der Waals surface area contributed by atoms with Crippen LogP contribution in [0, 0.1) is 0 Å². The van der Waals surface area contributed by atoms with Crippen LogP contribution >= 0.6 is 0 Å². The highest BCUT2D eigenvalue weighted by molar-refractivity contribution is 5.39. The lowest BCUT2D eigenvalue weighted by molar-refractivity contribution is 0.673. The molecule has 0 heterocycles. The van der Waals surface area contributed by atoms with Crippen molar-refractivity contribution in [3.8, 4) is 0 Å². The quantitative estimate of drug-likeness (QED) is 0.786. The molecule has 0 fully saturated rings. The Bertz CT molecular complexity index is 574. The maximum absolute atomic E-state index is 5.59. The SMILES string of the molecule is NCCCCc1ccc2c(c1)[C@@H](Cc1ccccc1)CC2. The number of nitrogens with two attached hydrogens (primary N) is 1. The monoisotopic (exact) mass is 279 g/mol. The lowest BCUT2D eigenvalue weighted by Crippen LogP contribution is -2.01. The predicted molar refractivity (Wildman–Crippen MR) is 89.6 cm³/mol. The van der Waals surface area contributed by atoms with Gasteiger partial charge in [-0.15, -0.1) is 0 Å². The second-order valence-electron chi connectivity index (χ2n) is 6.20. The molecule has 0 saturated heterocycles. The predicted octanol–water partition coefficient (Wildman–Crippen LogP) is 4.24. The highest BCUT2D eigenvalue weighted by Gasteiger charge is 2.22. The average molecular weight is 279 g/mol. The standard InChI is InChI=1S/C20H25N/c21-13-5-4-8-17-9-10-18-11-12-19(20(18)15-17)14-16-6-2-1-3-7-16/h1-3,6-7,9-10,15,19H,4-5,8,11-14,21H2/t19-/m1/s1. The van der Waals surface area contributed by atoms with Gasteiger partial charge >= 0.3 is 0 Å². The van der Waals surface area contributed by atoms with Gasteiger partial charge in [-0.3, -0.25) is 0 Å². The van der Waals surface area contributed by atoms with Gasteiger partial charge in [-0.25, -0.2) is 0 Å². The van der Waals surface area contributed by atoms with Gasteiger partial charge in [0.2, 0.25) is 0 Å². The molecule has 0 spiro atoms. The number of hydrogen-bond acceptors (Lipinski definition) is 1. The Balaban J connectivity index is 1.72. The molecule has 2 N–H and O–H groups in total. The normalized spacial score (nSPS) is 16.9. The highest BCUT2D eigenvalue weighted by atomic mass is 14.5. The number of rotatable bonds is 6. The van der Waals surface area contributed by atoms with Gasteiger partial charge in [0.25, 0.3) is 0 Å². The summed E-state index contributed by atoms with van der Waals surface area (Å²) >= 11 is 0. The Morgan fingerprint density at radius 1 is 0.952 bits per heavy atom. The van der Waals surface area contributed by atoms with E-state index in [-0.39, 0.29) is 0 Å². The van der Waals surface area contributed by atoms with E-state index in [0.717, 1.165) is 13.0 Å². The lowest BCUT2D eigenvalue weighted by Gasteiger charge is -2.13. The lowest BCUT2D eigenvalue weighted by atomic mass is 9.92. The maximum Gasteiger partial charge on any atom is -0.00772 e. The van der Waals surface area contributed by atoms with Crippen LogP contribution in [0.5, 0.6) is 0 Å². The zero-order valence-corrected chi connectivity index (χ0v) is 12.7. The van der Waals surface area contributed by atoms with E-state index in [1.807, 2.05) is 0 Å². The van der Waals surface area contributed by atoms with Crippen molar-refractivity contribution >= 4 is 0 Å². The van der Waals surface area contributed by atoms with Crippen molar-refractivity contribution in [1.82, 2.24) is 0 Å². The van der Waals surface area contributed by atoms with Gasteiger partial charge in [0.15, 0.2) is 0 Å². The summed E-state index contributed by atoms with van der Waals surface area (Å²) < 4.78 is 0. The van der Waals surface area contributed by atoms with Gasteiger partial charge in [0.1, 0.15) is 0 Å². The molecular formula is C20H25N. The van der Waals surface area contributed by atoms with Crippen molar-refractivity contribution in [1.29, 1.82) is 0 Å². The zero-order chi connectivity index (χ0) is 14.5. The fourth-order valence-corrected chi connectivity index (χ4v) is 3.48. The molecule has 0 radical (unpaired) electrons. The van der Waals surface area contributed by atoms with Crippen molar-refractivity contribution < 1.29 is 0 Å². The summed E-state index contributed by atoms with van der Waals surface area (Å²) in [6.07, 6.45) is 7.23. The van der Waals surface area contributed by atoms with Crippen LogP contribution in [0.2, 0.25) is 0 Å². The topological polar surface area (TPSA) is 26.0 Å². The molecule has 0 saturated carbocycles. The van der Waals surface area contributed by atoms with Crippen LogP contribution in [0.25, 0.3) is 0 Å². The number of benzene rings is 2. The number of hydrogen-bond donors (Lipinski definition) is 1. The molecule has 110 valence electrons. The molecule has 2 aromatic carbocycles. The first-order chi connectivity index (χ1) is 10.4. The highest BCUT2D eigenvalue weighted by Crippen LogP contribution is 2.36. The number of fused-ring (bicyclic) bond motifs is 1. The first-order valence-corrected chi connectivity index (χ1v) is 8.22. The van der Waals surface area contributed by atoms with Crippen molar-refractivity contribution in [3.05, 3.63) is 70.8 Å². The number of aryl methyl sites for hydroxylation is 2. The van der Waals surface area contributed by atoms with Crippen LogP contribution in [-0.2, 0) is 19.3 Å². The van der Waals surface area contributed by atoms with E-state index in [1.165, 1.54) is 43.2 Å². The van der Waals surface area contributed by atoms with Crippen LogP contribution in [0.4, 0.5) is 0 Å². The molecule has 1 aliphatic rings. The minimum atomic E-state index is 0.705. The average Bonchev–Trinajstić information content (AvgIpc) is 2.91. The van der Waals surface area contributed by atoms with Crippen LogP contribution in [0.15, 0.2) is 48.5 Å². The van der Waals surface area contributed by atoms with Crippen LogP contribution < -0.4 is 5.73 Å². The molecule has 1 nitrogen and oxygen atoms in total. The molecule has 0 aromatic heterocycles. The van der Waals surface area contributed by atoms with Crippen molar-refractivity contribution in [2.45, 2.75) is 44.4 Å². The summed E-state index contributed by atoms with van der Waals surface area (Å²) in [4.78, 5) is 0. The van der Waals surface area contributed by atoms with Gasteiger partial charge in [-0.1, -0.05) is 48.5 Å². The third-order valence-corrected chi connectivity index (χ3v) is 4.66. The van der Waals surface area contributed by atoms with Gasteiger partial charge in [0, 0.05) is 0 Å². The molecule has 3 rings (SSSR count). The maximum atomic E-state index is 5.59. The van der Waals surface area contributed by atoms with E-state index in [4.69, 9.17) is 5.73 Å². The van der Waals surface area contributed by atoms with Gasteiger partial charge in [-0.05, 0) is 73.2 Å². The summed E-state index contributed by atoms with van der Waals surface area (Å²) in [6.45, 7) is 0.807. The molecule has 1 heteroatoms. The zero-order valence-electron chi connectivity index (χ0n) is 12.7. The first kappa shape index (κ1) is 14.3. The first-order valence-electron chi connectivity index (χ1n) is 8.22. The minimum Gasteiger partial charge on any atom is -0.330 e. The third-order valence-electron chi connectivity index (χ3n) is 4.66.